The van der Waals surface area contributed by atoms with Crippen molar-refractivity contribution in [3.05, 3.63) is 34.3 Å². The minimum absolute atomic E-state index is 0.158. The van der Waals surface area contributed by atoms with Crippen LogP contribution in [0.4, 0.5) is 0 Å². The normalized spacial score (nSPS) is 13.7. The zero-order valence-corrected chi connectivity index (χ0v) is 13.0. The Morgan fingerprint density at radius 2 is 2.26 bits per heavy atom. The van der Waals surface area contributed by atoms with Crippen molar-refractivity contribution in [2.24, 2.45) is 5.41 Å². The predicted molar refractivity (Wildman–Crippen MR) is 79.4 cm³/mol. The fraction of sp³-hybridized carbons (Fsp3) is 0.538. The number of aromatic nitrogens is 3. The van der Waals surface area contributed by atoms with E-state index in [2.05, 4.69) is 40.6 Å². The first-order valence-electron chi connectivity index (χ1n) is 6.24. The first-order valence-corrected chi connectivity index (χ1v) is 7.44. The van der Waals surface area contributed by atoms with Gasteiger partial charge in [0.05, 0.1) is 12.5 Å². The van der Waals surface area contributed by atoms with Crippen LogP contribution in [0.3, 0.4) is 0 Å². The largest absolute Gasteiger partial charge is 0.336 e. The zero-order valence-electron chi connectivity index (χ0n) is 11.4. The number of hydrogen-bond acceptors (Lipinski definition) is 4. The van der Waals surface area contributed by atoms with E-state index in [4.69, 9.17) is 11.6 Å². The van der Waals surface area contributed by atoms with E-state index in [0.29, 0.717) is 6.04 Å². The molecule has 0 saturated heterocycles. The molecule has 104 valence electrons. The van der Waals surface area contributed by atoms with Crippen LogP contribution in [-0.2, 0) is 13.1 Å². The van der Waals surface area contributed by atoms with E-state index in [1.807, 2.05) is 12.5 Å². The summed E-state index contributed by atoms with van der Waals surface area (Å²) in [6.07, 6.45) is 7.34. The highest BCUT2D eigenvalue weighted by molar-refractivity contribution is 7.15. The molecular weight excluding hydrogens is 280 g/mol. The SMILES string of the molecule is CC(C)(C)C(Cn1ccnc1)NCc1ncc(Cl)s1. The van der Waals surface area contributed by atoms with E-state index in [1.54, 1.807) is 12.4 Å². The van der Waals surface area contributed by atoms with Crippen LogP contribution in [0.2, 0.25) is 4.34 Å². The molecule has 0 fully saturated rings. The molecule has 0 saturated carbocycles. The van der Waals surface area contributed by atoms with Gasteiger partial charge in [0.1, 0.15) is 9.34 Å². The fourth-order valence-electron chi connectivity index (χ4n) is 1.83. The van der Waals surface area contributed by atoms with Gasteiger partial charge in [-0.2, -0.15) is 0 Å². The second kappa shape index (κ2) is 6.03. The van der Waals surface area contributed by atoms with Gasteiger partial charge in [0.2, 0.25) is 0 Å². The molecule has 19 heavy (non-hydrogen) atoms. The van der Waals surface area contributed by atoms with Crippen molar-refractivity contribution in [3.8, 4) is 0 Å². The van der Waals surface area contributed by atoms with Crippen LogP contribution in [0.1, 0.15) is 25.8 Å². The van der Waals surface area contributed by atoms with Gasteiger partial charge in [-0.1, -0.05) is 32.4 Å². The van der Waals surface area contributed by atoms with Crippen LogP contribution in [0.15, 0.2) is 24.9 Å². The topological polar surface area (TPSA) is 42.7 Å². The Balaban J connectivity index is 1.98. The van der Waals surface area contributed by atoms with Crippen molar-refractivity contribution in [2.75, 3.05) is 0 Å². The Bertz CT molecular complexity index is 501. The maximum absolute atomic E-state index is 5.90. The van der Waals surface area contributed by atoms with Crippen LogP contribution < -0.4 is 5.32 Å². The van der Waals surface area contributed by atoms with Gasteiger partial charge in [0.25, 0.3) is 0 Å². The van der Waals surface area contributed by atoms with E-state index in [0.717, 1.165) is 22.4 Å². The summed E-state index contributed by atoms with van der Waals surface area (Å²) in [5.74, 6) is 0. The quantitative estimate of drug-likeness (QED) is 0.922. The van der Waals surface area contributed by atoms with Crippen molar-refractivity contribution >= 4 is 22.9 Å². The Hall–Kier alpha value is -0.910. The molecule has 6 heteroatoms. The number of nitrogens with one attached hydrogen (secondary N) is 1. The molecule has 0 aliphatic heterocycles. The highest BCUT2D eigenvalue weighted by atomic mass is 35.5. The molecule has 4 nitrogen and oxygen atoms in total. The highest BCUT2D eigenvalue weighted by Crippen LogP contribution is 2.23. The Morgan fingerprint density at radius 3 is 2.79 bits per heavy atom. The maximum Gasteiger partial charge on any atom is 0.113 e. The van der Waals surface area contributed by atoms with E-state index in [1.165, 1.54) is 11.3 Å². The van der Waals surface area contributed by atoms with Crippen LogP contribution in [0.5, 0.6) is 0 Å². The van der Waals surface area contributed by atoms with Gasteiger partial charge in [0, 0.05) is 31.5 Å². The van der Waals surface area contributed by atoms with E-state index >= 15 is 0 Å². The van der Waals surface area contributed by atoms with Crippen molar-refractivity contribution in [1.29, 1.82) is 0 Å². The summed E-state index contributed by atoms with van der Waals surface area (Å²) in [5, 5.41) is 4.59. The molecule has 0 bridgehead atoms. The van der Waals surface area contributed by atoms with Crippen LogP contribution >= 0.6 is 22.9 Å². The van der Waals surface area contributed by atoms with Crippen molar-refractivity contribution < 1.29 is 0 Å². The summed E-state index contributed by atoms with van der Waals surface area (Å²) in [4.78, 5) is 8.36. The van der Waals surface area contributed by atoms with Crippen molar-refractivity contribution in [2.45, 2.75) is 39.9 Å². The van der Waals surface area contributed by atoms with Gasteiger partial charge < -0.3 is 9.88 Å². The van der Waals surface area contributed by atoms with Gasteiger partial charge in [-0.25, -0.2) is 9.97 Å². The fourth-order valence-corrected chi connectivity index (χ4v) is 2.74. The minimum atomic E-state index is 0.158. The number of halogens is 1. The van der Waals surface area contributed by atoms with Crippen LogP contribution in [-0.4, -0.2) is 20.6 Å². The number of thiazole rings is 1. The Labute approximate surface area is 122 Å². The molecule has 2 aromatic rings. The van der Waals surface area contributed by atoms with E-state index < -0.39 is 0 Å². The molecule has 0 amide bonds. The third-order valence-corrected chi connectivity index (χ3v) is 4.14. The Kier molecular flexibility index (Phi) is 4.60. The number of nitrogens with zero attached hydrogens (tertiary/aromatic N) is 3. The standard InChI is InChI=1S/C13H19ClN4S/c1-13(2,3)10(8-18-5-4-15-9-18)16-7-12-17-6-11(14)19-12/h4-6,9-10,16H,7-8H2,1-3H3. The molecular formula is C13H19ClN4S. The minimum Gasteiger partial charge on any atom is -0.336 e. The Morgan fingerprint density at radius 1 is 1.47 bits per heavy atom. The molecule has 2 rings (SSSR count). The van der Waals surface area contributed by atoms with Gasteiger partial charge in [-0.3, -0.25) is 0 Å². The van der Waals surface area contributed by atoms with Crippen LogP contribution in [0, 0.1) is 5.41 Å². The summed E-state index contributed by atoms with van der Waals surface area (Å²) in [6.45, 7) is 8.33. The summed E-state index contributed by atoms with van der Waals surface area (Å²) in [5.41, 5.74) is 0.158. The lowest BCUT2D eigenvalue weighted by molar-refractivity contribution is 0.240. The van der Waals surface area contributed by atoms with Gasteiger partial charge in [-0.15, -0.1) is 11.3 Å². The summed E-state index contributed by atoms with van der Waals surface area (Å²) in [7, 11) is 0. The summed E-state index contributed by atoms with van der Waals surface area (Å²) in [6, 6.07) is 0.337. The average Bonchev–Trinajstić information content (AvgIpc) is 2.94. The first-order chi connectivity index (χ1) is 8.95. The van der Waals surface area contributed by atoms with Crippen molar-refractivity contribution in [1.82, 2.24) is 19.9 Å². The molecule has 1 atom stereocenters. The highest BCUT2D eigenvalue weighted by Gasteiger charge is 2.24. The molecule has 2 heterocycles. The zero-order chi connectivity index (χ0) is 13.9. The lowest BCUT2D eigenvalue weighted by Gasteiger charge is -2.31. The molecule has 1 N–H and O–H groups in total. The number of imidazole rings is 1. The summed E-state index contributed by atoms with van der Waals surface area (Å²) < 4.78 is 2.83. The third-order valence-electron chi connectivity index (χ3n) is 3.02. The summed E-state index contributed by atoms with van der Waals surface area (Å²) >= 11 is 7.42. The maximum atomic E-state index is 5.90. The second-order valence-corrected chi connectivity index (χ2v) is 7.36. The first kappa shape index (κ1) is 14.5. The van der Waals surface area contributed by atoms with E-state index in [-0.39, 0.29) is 5.41 Å². The number of rotatable bonds is 5. The van der Waals surface area contributed by atoms with Gasteiger partial charge >= 0.3 is 0 Å². The lowest BCUT2D eigenvalue weighted by Crippen LogP contribution is -2.42. The van der Waals surface area contributed by atoms with Gasteiger partial charge in [-0.05, 0) is 5.41 Å². The van der Waals surface area contributed by atoms with Crippen LogP contribution in [0.25, 0.3) is 0 Å². The molecule has 0 aliphatic rings. The molecule has 0 spiro atoms. The molecule has 0 aliphatic carbocycles. The molecule has 0 radical (unpaired) electrons. The third kappa shape index (κ3) is 4.30. The van der Waals surface area contributed by atoms with Crippen molar-refractivity contribution in [3.63, 3.8) is 0 Å². The second-order valence-electron chi connectivity index (χ2n) is 5.62. The lowest BCUT2D eigenvalue weighted by atomic mass is 9.86. The molecule has 1 unspecified atom stereocenters. The smallest absolute Gasteiger partial charge is 0.113 e. The van der Waals surface area contributed by atoms with E-state index in [9.17, 15) is 0 Å². The van der Waals surface area contributed by atoms with Gasteiger partial charge in [0.15, 0.2) is 0 Å². The monoisotopic (exact) mass is 298 g/mol. The predicted octanol–water partition coefficient (Wildman–Crippen LogP) is 3.20. The average molecular weight is 299 g/mol. The molecule has 0 aromatic carbocycles. The number of hydrogen-bond donors (Lipinski definition) is 1. The molecule has 2 aromatic heterocycles.